The second kappa shape index (κ2) is 8.42. The third kappa shape index (κ3) is 4.01. The van der Waals surface area contributed by atoms with Gasteiger partial charge in [0, 0.05) is 56.8 Å². The van der Waals surface area contributed by atoms with E-state index in [1.165, 1.54) is 0 Å². The van der Waals surface area contributed by atoms with Crippen LogP contribution in [0.15, 0.2) is 30.3 Å². The van der Waals surface area contributed by atoms with Crippen LogP contribution in [-0.4, -0.2) is 59.4 Å². The second-order valence-electron chi connectivity index (χ2n) is 8.33. The fraction of sp³-hybridized carbons (Fsp3) is 0.478. The van der Waals surface area contributed by atoms with Crippen molar-refractivity contribution in [2.75, 3.05) is 42.5 Å². The van der Waals surface area contributed by atoms with Gasteiger partial charge in [-0.2, -0.15) is 0 Å². The summed E-state index contributed by atoms with van der Waals surface area (Å²) in [5.74, 6) is 2.15. The zero-order chi connectivity index (χ0) is 21.3. The highest BCUT2D eigenvalue weighted by molar-refractivity contribution is 6.05. The molecule has 0 N–H and O–H groups in total. The van der Waals surface area contributed by atoms with E-state index in [1.54, 1.807) is 4.90 Å². The minimum Gasteiger partial charge on any atom is -0.353 e. The fourth-order valence-corrected chi connectivity index (χ4v) is 4.10. The number of rotatable bonds is 4. The molecule has 7 nitrogen and oxygen atoms in total. The van der Waals surface area contributed by atoms with Crippen molar-refractivity contribution < 1.29 is 9.59 Å². The van der Waals surface area contributed by atoms with Gasteiger partial charge in [0.25, 0.3) is 5.91 Å². The summed E-state index contributed by atoms with van der Waals surface area (Å²) < 4.78 is 0. The lowest BCUT2D eigenvalue weighted by atomic mass is 10.1. The Labute approximate surface area is 177 Å². The molecule has 1 aromatic carbocycles. The number of carbonyl (C=O) groups excluding carboxylic acids is 2. The Balaban J connectivity index is 1.48. The number of hydrogen-bond donors (Lipinski definition) is 0. The minimum atomic E-state index is -0.00770. The van der Waals surface area contributed by atoms with Crippen LogP contribution in [0.2, 0.25) is 0 Å². The van der Waals surface area contributed by atoms with Crippen LogP contribution in [0.25, 0.3) is 0 Å². The lowest BCUT2D eigenvalue weighted by Gasteiger charge is -2.36. The summed E-state index contributed by atoms with van der Waals surface area (Å²) in [5, 5.41) is 0. The van der Waals surface area contributed by atoms with E-state index < -0.39 is 0 Å². The number of carbonyl (C=O) groups is 2. The van der Waals surface area contributed by atoms with E-state index in [0.29, 0.717) is 31.6 Å². The Morgan fingerprint density at radius 1 is 1.03 bits per heavy atom. The van der Waals surface area contributed by atoms with Crippen LogP contribution in [-0.2, 0) is 4.79 Å². The summed E-state index contributed by atoms with van der Waals surface area (Å²) in [6, 6.07) is 9.48. The zero-order valence-corrected chi connectivity index (χ0v) is 18.0. The summed E-state index contributed by atoms with van der Waals surface area (Å²) in [7, 11) is 0. The first-order chi connectivity index (χ1) is 14.4. The number of hydrogen-bond acceptors (Lipinski definition) is 5. The van der Waals surface area contributed by atoms with Crippen LogP contribution in [0.5, 0.6) is 0 Å². The first-order valence-corrected chi connectivity index (χ1v) is 10.7. The van der Waals surface area contributed by atoms with Gasteiger partial charge >= 0.3 is 0 Å². The lowest BCUT2D eigenvalue weighted by Crippen LogP contribution is -2.49. The maximum absolute atomic E-state index is 13.3. The van der Waals surface area contributed by atoms with Gasteiger partial charge in [-0.15, -0.1) is 0 Å². The quantitative estimate of drug-likeness (QED) is 0.779. The molecule has 0 unspecified atom stereocenters. The van der Waals surface area contributed by atoms with Gasteiger partial charge in [-0.3, -0.25) is 9.59 Å². The fourth-order valence-electron chi connectivity index (χ4n) is 4.10. The molecular weight excluding hydrogens is 378 g/mol. The molecule has 2 aromatic rings. The van der Waals surface area contributed by atoms with Crippen LogP contribution < -0.4 is 9.80 Å². The normalized spacial score (nSPS) is 17.2. The van der Waals surface area contributed by atoms with Gasteiger partial charge in [-0.25, -0.2) is 9.97 Å². The van der Waals surface area contributed by atoms with Crippen molar-refractivity contribution >= 4 is 23.3 Å². The van der Waals surface area contributed by atoms with Crippen molar-refractivity contribution in [1.82, 2.24) is 14.9 Å². The molecule has 2 aliphatic heterocycles. The van der Waals surface area contributed by atoms with Gasteiger partial charge in [-0.05, 0) is 25.5 Å². The maximum Gasteiger partial charge on any atom is 0.256 e. The summed E-state index contributed by atoms with van der Waals surface area (Å²) >= 11 is 0. The molecule has 4 rings (SSSR count). The van der Waals surface area contributed by atoms with Gasteiger partial charge in [0.2, 0.25) is 5.91 Å². The Bertz CT molecular complexity index is 950. The predicted octanol–water partition coefficient (Wildman–Crippen LogP) is 3.00. The van der Waals surface area contributed by atoms with Gasteiger partial charge in [0.15, 0.2) is 0 Å². The average molecular weight is 408 g/mol. The molecule has 0 radical (unpaired) electrons. The molecule has 0 atom stereocenters. The SMILES string of the molecule is Cc1cc(N2CCN(C(=O)c3ccccc3N3CCCC3=O)CC2)nc(C(C)C)n1. The van der Waals surface area contributed by atoms with Crippen LogP contribution in [0.3, 0.4) is 0 Å². The highest BCUT2D eigenvalue weighted by Gasteiger charge is 2.29. The predicted molar refractivity (Wildman–Crippen MR) is 117 cm³/mol. The third-order valence-electron chi connectivity index (χ3n) is 5.76. The van der Waals surface area contributed by atoms with Gasteiger partial charge in [0.1, 0.15) is 11.6 Å². The first kappa shape index (κ1) is 20.3. The van der Waals surface area contributed by atoms with E-state index in [1.807, 2.05) is 42.2 Å². The van der Waals surface area contributed by atoms with E-state index in [4.69, 9.17) is 4.98 Å². The van der Waals surface area contributed by atoms with E-state index in [9.17, 15) is 9.59 Å². The number of anilines is 2. The number of para-hydroxylation sites is 1. The van der Waals surface area contributed by atoms with E-state index >= 15 is 0 Å². The number of nitrogens with zero attached hydrogens (tertiary/aromatic N) is 5. The molecule has 158 valence electrons. The highest BCUT2D eigenvalue weighted by Crippen LogP contribution is 2.27. The average Bonchev–Trinajstić information content (AvgIpc) is 3.18. The van der Waals surface area contributed by atoms with Gasteiger partial charge < -0.3 is 14.7 Å². The molecule has 0 spiro atoms. The van der Waals surface area contributed by atoms with Crippen LogP contribution >= 0.6 is 0 Å². The second-order valence-corrected chi connectivity index (χ2v) is 8.33. The summed E-state index contributed by atoms with van der Waals surface area (Å²) in [6.07, 6.45) is 1.40. The van der Waals surface area contributed by atoms with Crippen molar-refractivity contribution in [3.8, 4) is 0 Å². The molecule has 30 heavy (non-hydrogen) atoms. The molecule has 0 bridgehead atoms. The molecule has 2 saturated heterocycles. The summed E-state index contributed by atoms with van der Waals surface area (Å²) in [6.45, 7) is 9.57. The Kier molecular flexibility index (Phi) is 5.70. The standard InChI is InChI=1S/C23H29N5O2/c1-16(2)22-24-17(3)15-20(25-22)26-11-13-27(14-12-26)23(30)18-7-4-5-8-19(18)28-10-6-9-21(28)29/h4-5,7-8,15-16H,6,9-14H2,1-3H3. The number of aryl methyl sites for hydroxylation is 1. The van der Waals surface area contributed by atoms with Crippen LogP contribution in [0, 0.1) is 6.92 Å². The zero-order valence-electron chi connectivity index (χ0n) is 18.0. The largest absolute Gasteiger partial charge is 0.353 e. The van der Waals surface area contributed by atoms with Crippen molar-refractivity contribution in [3.05, 3.63) is 47.4 Å². The molecule has 2 amide bonds. The topological polar surface area (TPSA) is 69.6 Å². The number of aromatic nitrogens is 2. The van der Waals surface area contributed by atoms with Crippen molar-refractivity contribution in [1.29, 1.82) is 0 Å². The monoisotopic (exact) mass is 407 g/mol. The number of benzene rings is 1. The lowest BCUT2D eigenvalue weighted by molar-refractivity contribution is -0.117. The smallest absolute Gasteiger partial charge is 0.256 e. The van der Waals surface area contributed by atoms with E-state index in [0.717, 1.165) is 42.5 Å². The molecule has 3 heterocycles. The molecule has 1 aromatic heterocycles. The Morgan fingerprint density at radius 2 is 1.77 bits per heavy atom. The number of amides is 2. The molecule has 2 fully saturated rings. The molecule has 2 aliphatic rings. The Morgan fingerprint density at radius 3 is 2.43 bits per heavy atom. The highest BCUT2D eigenvalue weighted by atomic mass is 16.2. The van der Waals surface area contributed by atoms with Crippen LogP contribution in [0.4, 0.5) is 11.5 Å². The maximum atomic E-state index is 13.3. The molecule has 0 saturated carbocycles. The van der Waals surface area contributed by atoms with E-state index in [-0.39, 0.29) is 17.7 Å². The van der Waals surface area contributed by atoms with Gasteiger partial charge in [-0.1, -0.05) is 26.0 Å². The summed E-state index contributed by atoms with van der Waals surface area (Å²) in [5.41, 5.74) is 2.31. The first-order valence-electron chi connectivity index (χ1n) is 10.7. The van der Waals surface area contributed by atoms with Crippen LogP contribution in [0.1, 0.15) is 54.5 Å². The Hall–Kier alpha value is -2.96. The minimum absolute atomic E-state index is 0.00770. The number of piperazine rings is 1. The van der Waals surface area contributed by atoms with Gasteiger partial charge in [0.05, 0.1) is 11.3 Å². The molecule has 0 aliphatic carbocycles. The third-order valence-corrected chi connectivity index (χ3v) is 5.76. The molecular formula is C23H29N5O2. The molecule has 7 heteroatoms. The van der Waals surface area contributed by atoms with Crippen molar-refractivity contribution in [2.24, 2.45) is 0 Å². The van der Waals surface area contributed by atoms with E-state index in [2.05, 4.69) is 23.7 Å². The van der Waals surface area contributed by atoms with Crippen molar-refractivity contribution in [2.45, 2.75) is 39.5 Å². The summed E-state index contributed by atoms with van der Waals surface area (Å²) in [4.78, 5) is 40.6. The van der Waals surface area contributed by atoms with Crippen molar-refractivity contribution in [3.63, 3.8) is 0 Å².